The van der Waals surface area contributed by atoms with Crippen molar-refractivity contribution in [2.45, 2.75) is 133 Å². The van der Waals surface area contributed by atoms with Crippen LogP contribution in [0.4, 0.5) is 4.79 Å². The third kappa shape index (κ3) is 19.3. The van der Waals surface area contributed by atoms with Gasteiger partial charge in [-0.3, -0.25) is 9.69 Å². The molecule has 0 aliphatic rings. The Morgan fingerprint density at radius 2 is 1.12 bits per heavy atom. The first-order valence-electron chi connectivity index (χ1n) is 20.4. The molecule has 336 valence electrons. The summed E-state index contributed by atoms with van der Waals surface area (Å²) in [6.45, 7) is 3.52. The van der Waals surface area contributed by atoms with Gasteiger partial charge in [-0.1, -0.05) is 48.5 Å². The molecule has 0 aliphatic heterocycles. The standard InChI is InChI=1S/C42H70N4O13/c1-42(2,3)59-41(58)45-31(40(57)44-21-8-10-28-14-18-30(19-15-28)29-16-12-27(13-17-29)9-4-6-20-43)11-5-7-22-46(23-32(49)36(53)38(55)34(51)25-47)24-33(50)37(54)39(56)35(52)26-48/h12-19,31-39,47-56H,4-11,20-26,43H2,1-3H3,(H,44,57)(H,45,58)/t31-,32-,33-,34+,35+,36+,37+,38+,39+/m0/s1. The topological polar surface area (TPSA) is 299 Å². The normalized spacial score (nSPS) is 16.7. The van der Waals surface area contributed by atoms with E-state index in [9.17, 15) is 50.4 Å². The molecular weight excluding hydrogens is 768 g/mol. The second-order valence-electron chi connectivity index (χ2n) is 16.1. The molecule has 17 heteroatoms. The van der Waals surface area contributed by atoms with Crippen LogP contribution >= 0.6 is 0 Å². The molecule has 17 nitrogen and oxygen atoms in total. The minimum atomic E-state index is -1.92. The van der Waals surface area contributed by atoms with Gasteiger partial charge in [0, 0.05) is 19.6 Å². The molecule has 0 unspecified atom stereocenters. The van der Waals surface area contributed by atoms with Crippen LogP contribution in [0, 0.1) is 0 Å². The minimum Gasteiger partial charge on any atom is -0.444 e. The molecule has 9 atom stereocenters. The molecule has 0 aliphatic carbocycles. The lowest BCUT2D eigenvalue weighted by atomic mass is 9.99. The molecule has 0 saturated carbocycles. The number of nitrogens with one attached hydrogen (secondary N) is 2. The zero-order valence-electron chi connectivity index (χ0n) is 34.6. The largest absolute Gasteiger partial charge is 0.444 e. The van der Waals surface area contributed by atoms with E-state index in [1.54, 1.807) is 20.8 Å². The van der Waals surface area contributed by atoms with Crippen molar-refractivity contribution in [2.75, 3.05) is 45.9 Å². The number of aliphatic hydroxyl groups is 10. The smallest absolute Gasteiger partial charge is 0.408 e. The average molecular weight is 839 g/mol. The van der Waals surface area contributed by atoms with Crippen molar-refractivity contribution in [1.29, 1.82) is 0 Å². The van der Waals surface area contributed by atoms with Gasteiger partial charge in [0.1, 0.15) is 48.3 Å². The SMILES string of the molecule is CC(C)(C)OC(=O)N[C@@H](CCCCN(C[C@H](O)[C@@H](O)[C@H](O)[C@H](O)CO)C[C@H](O)[C@@H](O)[C@H](O)[C@H](O)CO)C(=O)NCCCc1ccc(-c2ccc(CCCCN)cc2)cc1. The molecule has 0 radical (unpaired) electrons. The molecule has 59 heavy (non-hydrogen) atoms. The third-order valence-corrected chi connectivity index (χ3v) is 9.87. The van der Waals surface area contributed by atoms with E-state index in [4.69, 9.17) is 20.7 Å². The van der Waals surface area contributed by atoms with E-state index >= 15 is 0 Å². The summed E-state index contributed by atoms with van der Waals surface area (Å²) in [5, 5.41) is 105. The highest BCUT2D eigenvalue weighted by atomic mass is 16.6. The number of alkyl carbamates (subject to hydrolysis) is 1. The number of nitrogens with two attached hydrogens (primary N) is 1. The van der Waals surface area contributed by atoms with Gasteiger partial charge in [0.05, 0.1) is 25.4 Å². The first-order chi connectivity index (χ1) is 27.9. The number of unbranched alkanes of at least 4 members (excludes halogenated alkanes) is 2. The van der Waals surface area contributed by atoms with Crippen LogP contribution in [-0.2, 0) is 22.4 Å². The Kier molecular flexibility index (Phi) is 23.6. The predicted octanol–water partition coefficient (Wildman–Crippen LogP) is -1.08. The van der Waals surface area contributed by atoms with Gasteiger partial charge in [-0.2, -0.15) is 0 Å². The zero-order chi connectivity index (χ0) is 44.1. The number of hydrogen-bond donors (Lipinski definition) is 13. The Morgan fingerprint density at radius 3 is 1.56 bits per heavy atom. The maximum atomic E-state index is 13.4. The number of rotatable bonds is 28. The fourth-order valence-corrected chi connectivity index (χ4v) is 6.36. The molecule has 2 amide bonds. The van der Waals surface area contributed by atoms with E-state index in [2.05, 4.69) is 59.2 Å². The van der Waals surface area contributed by atoms with E-state index in [0.717, 1.165) is 36.0 Å². The Labute approximate surface area is 347 Å². The number of hydrogen-bond acceptors (Lipinski definition) is 15. The van der Waals surface area contributed by atoms with Crippen molar-refractivity contribution in [3.8, 4) is 11.1 Å². The van der Waals surface area contributed by atoms with Crippen LogP contribution < -0.4 is 16.4 Å². The van der Waals surface area contributed by atoms with E-state index in [1.807, 2.05) is 0 Å². The summed E-state index contributed by atoms with van der Waals surface area (Å²) in [5.41, 5.74) is 9.39. The van der Waals surface area contributed by atoms with Gasteiger partial charge in [-0.15, -0.1) is 0 Å². The lowest BCUT2D eigenvalue weighted by Gasteiger charge is -2.33. The number of carbonyl (C=O) groups excluding carboxylic acids is 2. The lowest BCUT2D eigenvalue weighted by Crippen LogP contribution is -2.53. The number of carbonyl (C=O) groups is 2. The third-order valence-electron chi connectivity index (χ3n) is 9.87. The zero-order valence-corrected chi connectivity index (χ0v) is 34.6. The van der Waals surface area contributed by atoms with Crippen molar-refractivity contribution < 1.29 is 65.4 Å². The number of aryl methyl sites for hydroxylation is 2. The summed E-state index contributed by atoms with van der Waals surface area (Å²) >= 11 is 0. The van der Waals surface area contributed by atoms with Crippen LogP contribution in [0.5, 0.6) is 0 Å². The van der Waals surface area contributed by atoms with Crippen LogP contribution in [0.2, 0.25) is 0 Å². The van der Waals surface area contributed by atoms with Crippen LogP contribution in [0.25, 0.3) is 11.1 Å². The molecule has 2 rings (SSSR count). The quantitative estimate of drug-likeness (QED) is 0.0454. The summed E-state index contributed by atoms with van der Waals surface area (Å²) < 4.78 is 5.38. The van der Waals surface area contributed by atoms with Gasteiger partial charge in [0.15, 0.2) is 0 Å². The van der Waals surface area contributed by atoms with Crippen molar-refractivity contribution >= 4 is 12.0 Å². The Hall–Kier alpha value is -3.30. The van der Waals surface area contributed by atoms with Gasteiger partial charge < -0.3 is 72.2 Å². The van der Waals surface area contributed by atoms with Crippen LogP contribution in [0.3, 0.4) is 0 Å². The second kappa shape index (κ2) is 26.8. The molecule has 2 aromatic rings. The van der Waals surface area contributed by atoms with Crippen molar-refractivity contribution in [2.24, 2.45) is 5.73 Å². The molecule has 2 aromatic carbocycles. The molecule has 0 bridgehead atoms. The first kappa shape index (κ1) is 51.8. The summed E-state index contributed by atoms with van der Waals surface area (Å²) in [6, 6.07) is 15.8. The van der Waals surface area contributed by atoms with E-state index in [0.29, 0.717) is 32.4 Å². The van der Waals surface area contributed by atoms with Gasteiger partial charge in [-0.25, -0.2) is 4.79 Å². The highest BCUT2D eigenvalue weighted by Gasteiger charge is 2.34. The van der Waals surface area contributed by atoms with E-state index < -0.39 is 98.8 Å². The molecule has 0 fully saturated rings. The van der Waals surface area contributed by atoms with Gasteiger partial charge in [0.2, 0.25) is 5.91 Å². The second-order valence-corrected chi connectivity index (χ2v) is 16.1. The maximum absolute atomic E-state index is 13.4. The molecule has 0 saturated heterocycles. The monoisotopic (exact) mass is 838 g/mol. The van der Waals surface area contributed by atoms with Gasteiger partial charge in [-0.05, 0) is 107 Å². The summed E-state index contributed by atoms with van der Waals surface area (Å²) in [7, 11) is 0. The number of ether oxygens (including phenoxy) is 1. The fraction of sp³-hybridized carbons (Fsp3) is 0.667. The van der Waals surface area contributed by atoms with Gasteiger partial charge >= 0.3 is 6.09 Å². The summed E-state index contributed by atoms with van der Waals surface area (Å²) in [6.07, 6.45) is -10.3. The fourth-order valence-electron chi connectivity index (χ4n) is 6.36. The molecule has 14 N–H and O–H groups in total. The summed E-state index contributed by atoms with van der Waals surface area (Å²) in [4.78, 5) is 27.5. The van der Waals surface area contributed by atoms with Crippen LogP contribution in [-0.4, -0.2) is 174 Å². The predicted molar refractivity (Wildman–Crippen MR) is 221 cm³/mol. The lowest BCUT2D eigenvalue weighted by molar-refractivity contribution is -0.130. The first-order valence-corrected chi connectivity index (χ1v) is 20.4. The molecule has 0 heterocycles. The Morgan fingerprint density at radius 1 is 0.661 bits per heavy atom. The van der Waals surface area contributed by atoms with Crippen LogP contribution in [0.15, 0.2) is 48.5 Å². The van der Waals surface area contributed by atoms with Crippen molar-refractivity contribution in [1.82, 2.24) is 15.5 Å². The van der Waals surface area contributed by atoms with E-state index in [1.165, 1.54) is 10.5 Å². The number of benzene rings is 2. The number of nitrogens with zero attached hydrogens (tertiary/aromatic N) is 1. The highest BCUT2D eigenvalue weighted by molar-refractivity contribution is 5.85. The highest BCUT2D eigenvalue weighted by Crippen LogP contribution is 2.22. The maximum Gasteiger partial charge on any atom is 0.408 e. The molecular formula is C42H70N4O13. The summed E-state index contributed by atoms with van der Waals surface area (Å²) in [5.74, 6) is -0.431. The van der Waals surface area contributed by atoms with Gasteiger partial charge in [0.25, 0.3) is 0 Å². The Balaban J connectivity index is 2.03. The number of amides is 2. The van der Waals surface area contributed by atoms with Crippen LogP contribution in [0.1, 0.15) is 70.4 Å². The number of aliphatic hydroxyl groups excluding tert-OH is 10. The minimum absolute atomic E-state index is 0.0605. The average Bonchev–Trinajstić information content (AvgIpc) is 3.21. The molecule has 0 spiro atoms. The van der Waals surface area contributed by atoms with Crippen molar-refractivity contribution in [3.63, 3.8) is 0 Å². The van der Waals surface area contributed by atoms with E-state index in [-0.39, 0.29) is 19.4 Å². The van der Waals surface area contributed by atoms with Crippen molar-refractivity contribution in [3.05, 3.63) is 59.7 Å². The Bertz CT molecular complexity index is 1430. The molecule has 0 aromatic heterocycles.